The minimum absolute atomic E-state index is 0.267. The highest BCUT2D eigenvalue weighted by atomic mass is 32.1. The quantitative estimate of drug-likeness (QED) is 0.554. The highest BCUT2D eigenvalue weighted by Gasteiger charge is 2.12. The third kappa shape index (κ3) is 3.45. The van der Waals surface area contributed by atoms with Gasteiger partial charge < -0.3 is 5.73 Å². The second-order valence-corrected chi connectivity index (χ2v) is 6.99. The van der Waals surface area contributed by atoms with E-state index in [0.717, 1.165) is 27.4 Å². The van der Waals surface area contributed by atoms with Crippen molar-refractivity contribution >= 4 is 23.4 Å². The lowest BCUT2D eigenvalue weighted by molar-refractivity contribution is 0.843. The summed E-state index contributed by atoms with van der Waals surface area (Å²) in [7, 11) is 0. The molecule has 2 N–H and O–H groups in total. The Hall–Kier alpha value is -3.45. The Morgan fingerprint density at radius 2 is 1.96 bits per heavy atom. The normalized spacial score (nSPS) is 11.3. The van der Waals surface area contributed by atoms with Crippen LogP contribution in [0, 0.1) is 6.92 Å². The van der Waals surface area contributed by atoms with Crippen molar-refractivity contribution in [2.75, 3.05) is 5.73 Å². The fourth-order valence-corrected chi connectivity index (χ4v) is 3.49. The van der Waals surface area contributed by atoms with Crippen LogP contribution in [0.4, 0.5) is 5.82 Å². The average molecular weight is 375 g/mol. The van der Waals surface area contributed by atoms with E-state index < -0.39 is 0 Å². The van der Waals surface area contributed by atoms with E-state index in [4.69, 9.17) is 10.8 Å². The molecule has 134 valence electrons. The van der Waals surface area contributed by atoms with Gasteiger partial charge >= 0.3 is 0 Å². The summed E-state index contributed by atoms with van der Waals surface area (Å²) < 4.78 is 2.99. The van der Waals surface area contributed by atoms with Gasteiger partial charge in [0.1, 0.15) is 11.5 Å². The number of benzene rings is 1. The van der Waals surface area contributed by atoms with Crippen molar-refractivity contribution in [3.63, 3.8) is 0 Å². The number of thiophene rings is 1. The maximum absolute atomic E-state index is 12.2. The first-order chi connectivity index (χ1) is 13.1. The number of hydrogen-bond donors (Lipinski definition) is 1. The fraction of sp³-hybridized carbons (Fsp3) is 0.0500. The van der Waals surface area contributed by atoms with Gasteiger partial charge in [0.25, 0.3) is 5.56 Å². The van der Waals surface area contributed by atoms with Gasteiger partial charge in [-0.3, -0.25) is 4.79 Å². The molecule has 7 heteroatoms. The predicted octanol–water partition coefficient (Wildman–Crippen LogP) is 3.54. The minimum atomic E-state index is -0.267. The number of aromatic nitrogens is 3. The molecule has 4 rings (SSSR count). The number of hydrogen-bond acceptors (Lipinski definition) is 5. The molecule has 0 saturated carbocycles. The van der Waals surface area contributed by atoms with E-state index in [1.54, 1.807) is 28.3 Å². The maximum Gasteiger partial charge on any atom is 0.273 e. The summed E-state index contributed by atoms with van der Waals surface area (Å²) in [4.78, 5) is 13.2. The summed E-state index contributed by atoms with van der Waals surface area (Å²) in [5.74, 6) is 0.296. The van der Waals surface area contributed by atoms with Gasteiger partial charge in [-0.15, -0.1) is 11.3 Å². The Balaban J connectivity index is 1.80. The number of pyridine rings is 1. The second-order valence-electron chi connectivity index (χ2n) is 6.04. The summed E-state index contributed by atoms with van der Waals surface area (Å²) in [6.45, 7) is 1.82. The molecule has 0 atom stereocenters. The van der Waals surface area contributed by atoms with Crippen molar-refractivity contribution in [1.29, 1.82) is 0 Å². The third-order valence-electron chi connectivity index (χ3n) is 4.01. The lowest BCUT2D eigenvalue weighted by Gasteiger charge is -2.03. The Bertz CT molecular complexity index is 1160. The van der Waals surface area contributed by atoms with Crippen LogP contribution in [0.25, 0.3) is 16.3 Å². The molecular formula is C20H17N5OS. The van der Waals surface area contributed by atoms with Crippen molar-refractivity contribution in [3.05, 3.63) is 87.7 Å². The van der Waals surface area contributed by atoms with Gasteiger partial charge in [0.15, 0.2) is 0 Å². The number of rotatable bonds is 4. The molecular weight excluding hydrogens is 358 g/mol. The van der Waals surface area contributed by atoms with Gasteiger partial charge in [-0.2, -0.15) is 14.9 Å². The van der Waals surface area contributed by atoms with Crippen LogP contribution in [0.2, 0.25) is 0 Å². The summed E-state index contributed by atoms with van der Waals surface area (Å²) in [5, 5.41) is 11.0. The van der Waals surface area contributed by atoms with Gasteiger partial charge in [-0.05, 0) is 42.1 Å². The Morgan fingerprint density at radius 1 is 1.15 bits per heavy atom. The maximum atomic E-state index is 12.2. The first kappa shape index (κ1) is 17.0. The van der Waals surface area contributed by atoms with Crippen molar-refractivity contribution < 1.29 is 0 Å². The molecule has 6 nitrogen and oxygen atoms in total. The molecule has 0 aliphatic carbocycles. The molecule has 1 aromatic carbocycles. The highest BCUT2D eigenvalue weighted by molar-refractivity contribution is 7.13. The number of para-hydroxylation sites is 1. The van der Waals surface area contributed by atoms with Crippen LogP contribution >= 0.6 is 11.3 Å². The molecule has 27 heavy (non-hydrogen) atoms. The average Bonchev–Trinajstić information content (AvgIpc) is 3.31. The van der Waals surface area contributed by atoms with Crippen molar-refractivity contribution in [3.8, 4) is 16.3 Å². The van der Waals surface area contributed by atoms with Crippen LogP contribution in [-0.2, 0) is 0 Å². The summed E-state index contributed by atoms with van der Waals surface area (Å²) in [5.41, 5.74) is 9.03. The Morgan fingerprint density at radius 3 is 2.67 bits per heavy atom. The van der Waals surface area contributed by atoms with Crippen LogP contribution in [0.5, 0.6) is 0 Å². The highest BCUT2D eigenvalue weighted by Crippen LogP contribution is 2.26. The van der Waals surface area contributed by atoms with E-state index >= 15 is 0 Å². The molecule has 4 aromatic rings. The number of nitrogens with two attached hydrogens (primary N) is 1. The first-order valence-corrected chi connectivity index (χ1v) is 9.22. The van der Waals surface area contributed by atoms with Crippen LogP contribution < -0.4 is 11.3 Å². The lowest BCUT2D eigenvalue weighted by atomic mass is 10.2. The van der Waals surface area contributed by atoms with Gasteiger partial charge in [0.05, 0.1) is 16.8 Å². The number of nitrogens with zero attached hydrogens (tertiary/aromatic N) is 4. The smallest absolute Gasteiger partial charge is 0.273 e. The van der Waals surface area contributed by atoms with Crippen molar-refractivity contribution in [2.45, 2.75) is 6.92 Å². The van der Waals surface area contributed by atoms with Crippen LogP contribution in [-0.4, -0.2) is 20.7 Å². The topological polar surface area (TPSA) is 78.2 Å². The molecule has 3 heterocycles. The number of anilines is 1. The van der Waals surface area contributed by atoms with Gasteiger partial charge in [0.2, 0.25) is 0 Å². The summed E-state index contributed by atoms with van der Waals surface area (Å²) >= 11 is 1.60. The third-order valence-corrected chi connectivity index (χ3v) is 4.89. The first-order valence-electron chi connectivity index (χ1n) is 8.34. The molecule has 0 amide bonds. The Kier molecular flexibility index (Phi) is 4.43. The van der Waals surface area contributed by atoms with E-state index in [0.29, 0.717) is 5.82 Å². The minimum Gasteiger partial charge on any atom is -0.384 e. The zero-order valence-corrected chi connectivity index (χ0v) is 15.4. The summed E-state index contributed by atoms with van der Waals surface area (Å²) in [6, 6.07) is 17.0. The molecule has 0 fully saturated rings. The molecule has 0 radical (unpaired) electrons. The van der Waals surface area contributed by atoms with Gasteiger partial charge in [-0.1, -0.05) is 24.3 Å². The van der Waals surface area contributed by atoms with E-state index in [1.165, 1.54) is 10.7 Å². The molecule has 0 aliphatic rings. The monoisotopic (exact) mass is 375 g/mol. The molecule has 0 spiro atoms. The zero-order valence-electron chi connectivity index (χ0n) is 14.6. The standard InChI is InChI=1S/C20H17N5OS/c1-14-10-18(21)25(19(26)11-14)22-12-15-13-24(16-6-3-2-4-7-16)23-20(15)17-8-5-9-27-17/h2-13H,21H2,1H3/b22-12-. The van der Waals surface area contributed by atoms with E-state index in [9.17, 15) is 4.79 Å². The molecule has 0 aliphatic heterocycles. The SMILES string of the molecule is Cc1cc(N)n(/N=C\c2cn(-c3ccccc3)nc2-c2cccs2)c(=O)c1. The van der Waals surface area contributed by atoms with Crippen LogP contribution in [0.3, 0.4) is 0 Å². The predicted molar refractivity (Wildman–Crippen MR) is 110 cm³/mol. The van der Waals surface area contributed by atoms with E-state index in [1.807, 2.05) is 61.0 Å². The second kappa shape index (κ2) is 7.05. The molecule has 0 bridgehead atoms. The molecule has 0 unspecified atom stereocenters. The van der Waals surface area contributed by atoms with E-state index in [2.05, 4.69) is 5.10 Å². The number of aryl methyl sites for hydroxylation is 1. The largest absolute Gasteiger partial charge is 0.384 e. The lowest BCUT2D eigenvalue weighted by Crippen LogP contribution is -2.19. The number of nitrogen functional groups attached to an aromatic ring is 1. The summed E-state index contributed by atoms with van der Waals surface area (Å²) in [6.07, 6.45) is 3.51. The van der Waals surface area contributed by atoms with Gasteiger partial charge in [0, 0.05) is 17.8 Å². The van der Waals surface area contributed by atoms with Crippen molar-refractivity contribution in [1.82, 2.24) is 14.5 Å². The van der Waals surface area contributed by atoms with Gasteiger partial charge in [-0.25, -0.2) is 4.68 Å². The van der Waals surface area contributed by atoms with E-state index in [-0.39, 0.29) is 5.56 Å². The Labute approximate surface area is 159 Å². The van der Waals surface area contributed by atoms with Crippen LogP contribution in [0.1, 0.15) is 11.1 Å². The molecule has 3 aromatic heterocycles. The van der Waals surface area contributed by atoms with Crippen molar-refractivity contribution in [2.24, 2.45) is 5.10 Å². The fourth-order valence-electron chi connectivity index (χ4n) is 2.76. The molecule has 0 saturated heterocycles. The van der Waals surface area contributed by atoms with Crippen LogP contribution in [0.15, 0.2) is 76.1 Å². The zero-order chi connectivity index (χ0) is 18.8.